The fourth-order valence-electron chi connectivity index (χ4n) is 1.18. The molecule has 2 aromatic heterocycles. The van der Waals surface area contributed by atoms with Crippen molar-refractivity contribution in [2.45, 2.75) is 6.42 Å². The van der Waals surface area contributed by atoms with Crippen molar-refractivity contribution in [3.63, 3.8) is 0 Å². The van der Waals surface area contributed by atoms with Crippen LogP contribution in [0.1, 0.15) is 17.5 Å². The Labute approximate surface area is 97.3 Å². The Hall–Kier alpha value is -2.37. The first-order chi connectivity index (χ1) is 8.28. The van der Waals surface area contributed by atoms with E-state index in [0.717, 1.165) is 0 Å². The van der Waals surface area contributed by atoms with E-state index in [1.165, 1.54) is 0 Å². The van der Waals surface area contributed by atoms with E-state index in [9.17, 15) is 4.79 Å². The Balaban J connectivity index is 2.01. The van der Waals surface area contributed by atoms with Crippen LogP contribution in [-0.2, 0) is 11.2 Å². The molecular formula is C11H11N3O3. The molecule has 0 aliphatic carbocycles. The van der Waals surface area contributed by atoms with Crippen LogP contribution in [0.15, 0.2) is 27.3 Å². The summed E-state index contributed by atoms with van der Waals surface area (Å²) in [6.45, 7) is 0. The maximum Gasteiger partial charge on any atom is 0.250 e. The van der Waals surface area contributed by atoms with Gasteiger partial charge in [-0.2, -0.15) is 4.98 Å². The zero-order valence-corrected chi connectivity index (χ0v) is 9.21. The molecular weight excluding hydrogens is 222 g/mol. The number of carbonyl (C=O) groups excluding carboxylic acids is 1. The molecule has 2 aromatic rings. The quantitative estimate of drug-likeness (QED) is 0.855. The molecule has 0 radical (unpaired) electrons. The first-order valence-electron chi connectivity index (χ1n) is 5.02. The number of likely N-dealkylation sites (N-methyl/N-ethyl adjacent to an activating group) is 1. The second kappa shape index (κ2) is 5.11. The van der Waals surface area contributed by atoms with Gasteiger partial charge in [-0.25, -0.2) is 0 Å². The third-order valence-electron chi connectivity index (χ3n) is 2.01. The van der Waals surface area contributed by atoms with E-state index in [0.29, 0.717) is 17.5 Å². The SMILES string of the molecule is CNC(=O)Cc1noc(C=Cc2ccco2)n1. The Kier molecular flexibility index (Phi) is 3.34. The van der Waals surface area contributed by atoms with E-state index < -0.39 is 0 Å². The highest BCUT2D eigenvalue weighted by molar-refractivity contribution is 5.77. The molecule has 0 spiro atoms. The molecule has 1 amide bonds. The predicted octanol–water partition coefficient (Wildman–Crippen LogP) is 1.12. The molecule has 0 bridgehead atoms. The first kappa shape index (κ1) is 11.1. The smallest absolute Gasteiger partial charge is 0.250 e. The van der Waals surface area contributed by atoms with Crippen LogP contribution in [0.4, 0.5) is 0 Å². The minimum Gasteiger partial charge on any atom is -0.465 e. The van der Waals surface area contributed by atoms with Crippen molar-refractivity contribution in [2.75, 3.05) is 7.05 Å². The fourth-order valence-corrected chi connectivity index (χ4v) is 1.18. The van der Waals surface area contributed by atoms with Crippen LogP contribution in [0.2, 0.25) is 0 Å². The van der Waals surface area contributed by atoms with Crippen LogP contribution in [0, 0.1) is 0 Å². The number of amides is 1. The summed E-state index contributed by atoms with van der Waals surface area (Å²) in [6, 6.07) is 3.59. The Morgan fingerprint density at radius 2 is 2.41 bits per heavy atom. The molecule has 0 saturated heterocycles. The summed E-state index contributed by atoms with van der Waals surface area (Å²) in [6.07, 6.45) is 5.01. The summed E-state index contributed by atoms with van der Waals surface area (Å²) < 4.78 is 10.0. The molecule has 0 unspecified atom stereocenters. The number of nitrogens with one attached hydrogen (secondary N) is 1. The van der Waals surface area contributed by atoms with Gasteiger partial charge in [-0.3, -0.25) is 4.79 Å². The van der Waals surface area contributed by atoms with Gasteiger partial charge >= 0.3 is 0 Å². The zero-order chi connectivity index (χ0) is 12.1. The topological polar surface area (TPSA) is 81.2 Å². The third kappa shape index (κ3) is 3.04. The minimum absolute atomic E-state index is 0.106. The number of hydrogen-bond acceptors (Lipinski definition) is 5. The van der Waals surface area contributed by atoms with Gasteiger partial charge in [-0.15, -0.1) is 0 Å². The van der Waals surface area contributed by atoms with Crippen LogP contribution in [0.25, 0.3) is 12.2 Å². The second-order valence-corrected chi connectivity index (χ2v) is 3.25. The van der Waals surface area contributed by atoms with Crippen molar-refractivity contribution in [3.8, 4) is 0 Å². The maximum absolute atomic E-state index is 11.1. The molecule has 17 heavy (non-hydrogen) atoms. The molecule has 2 heterocycles. The number of furan rings is 1. The van der Waals surface area contributed by atoms with Crippen molar-refractivity contribution in [1.82, 2.24) is 15.5 Å². The molecule has 2 rings (SSSR count). The highest BCUT2D eigenvalue weighted by Gasteiger charge is 2.07. The van der Waals surface area contributed by atoms with Crippen LogP contribution >= 0.6 is 0 Å². The van der Waals surface area contributed by atoms with Gasteiger partial charge < -0.3 is 14.3 Å². The molecule has 0 fully saturated rings. The van der Waals surface area contributed by atoms with E-state index in [1.54, 1.807) is 37.6 Å². The van der Waals surface area contributed by atoms with Gasteiger partial charge in [0, 0.05) is 13.1 Å². The number of hydrogen-bond donors (Lipinski definition) is 1. The van der Waals surface area contributed by atoms with E-state index in [1.807, 2.05) is 0 Å². The molecule has 0 aromatic carbocycles. The summed E-state index contributed by atoms with van der Waals surface area (Å²) in [5.74, 6) is 1.21. The third-order valence-corrected chi connectivity index (χ3v) is 2.01. The number of carbonyl (C=O) groups is 1. The molecule has 1 N–H and O–H groups in total. The molecule has 6 heteroatoms. The Morgan fingerprint density at radius 3 is 3.12 bits per heavy atom. The first-order valence-corrected chi connectivity index (χ1v) is 5.02. The van der Waals surface area contributed by atoms with E-state index in [4.69, 9.17) is 8.94 Å². The molecule has 0 saturated carbocycles. The lowest BCUT2D eigenvalue weighted by atomic mass is 10.4. The largest absolute Gasteiger partial charge is 0.465 e. The van der Waals surface area contributed by atoms with Gasteiger partial charge in [0.15, 0.2) is 5.82 Å². The number of nitrogens with zero attached hydrogens (tertiary/aromatic N) is 2. The van der Waals surface area contributed by atoms with E-state index >= 15 is 0 Å². The van der Waals surface area contributed by atoms with E-state index in [-0.39, 0.29) is 12.3 Å². The number of rotatable bonds is 4. The maximum atomic E-state index is 11.1. The zero-order valence-electron chi connectivity index (χ0n) is 9.21. The molecule has 6 nitrogen and oxygen atoms in total. The van der Waals surface area contributed by atoms with Crippen LogP contribution in [0.3, 0.4) is 0 Å². The van der Waals surface area contributed by atoms with Gasteiger partial charge in [-0.05, 0) is 18.2 Å². The fraction of sp³-hybridized carbons (Fsp3) is 0.182. The van der Waals surface area contributed by atoms with Gasteiger partial charge in [0.2, 0.25) is 5.91 Å². The average Bonchev–Trinajstić information content (AvgIpc) is 2.97. The van der Waals surface area contributed by atoms with Crippen LogP contribution in [-0.4, -0.2) is 23.1 Å². The van der Waals surface area contributed by atoms with Gasteiger partial charge in [0.05, 0.1) is 12.7 Å². The normalized spacial score (nSPS) is 10.9. The van der Waals surface area contributed by atoms with Crippen molar-refractivity contribution in [1.29, 1.82) is 0 Å². The lowest BCUT2D eigenvalue weighted by molar-refractivity contribution is -0.120. The van der Waals surface area contributed by atoms with Crippen LogP contribution in [0.5, 0.6) is 0 Å². The molecule has 0 aliphatic rings. The summed E-state index contributed by atoms with van der Waals surface area (Å²) >= 11 is 0. The lowest BCUT2D eigenvalue weighted by Gasteiger charge is -1.91. The highest BCUT2D eigenvalue weighted by Crippen LogP contribution is 2.07. The van der Waals surface area contributed by atoms with Crippen molar-refractivity contribution >= 4 is 18.1 Å². The summed E-state index contributed by atoms with van der Waals surface area (Å²) in [7, 11) is 1.56. The molecule has 0 aliphatic heterocycles. The molecule has 0 atom stereocenters. The van der Waals surface area contributed by atoms with Crippen LogP contribution < -0.4 is 5.32 Å². The number of aromatic nitrogens is 2. The second-order valence-electron chi connectivity index (χ2n) is 3.25. The monoisotopic (exact) mass is 233 g/mol. The summed E-state index contributed by atoms with van der Waals surface area (Å²) in [4.78, 5) is 15.1. The van der Waals surface area contributed by atoms with Crippen molar-refractivity contribution in [2.24, 2.45) is 0 Å². The summed E-state index contributed by atoms with van der Waals surface area (Å²) in [5.41, 5.74) is 0. The standard InChI is InChI=1S/C11H11N3O3/c1-12-10(15)7-9-13-11(17-14-9)5-4-8-3-2-6-16-8/h2-6H,7H2,1H3,(H,12,15). The average molecular weight is 233 g/mol. The van der Waals surface area contributed by atoms with Crippen molar-refractivity contribution in [3.05, 3.63) is 35.9 Å². The van der Waals surface area contributed by atoms with Gasteiger partial charge in [0.1, 0.15) is 5.76 Å². The lowest BCUT2D eigenvalue weighted by Crippen LogP contribution is -2.20. The van der Waals surface area contributed by atoms with Gasteiger partial charge in [-0.1, -0.05) is 5.16 Å². The predicted molar refractivity (Wildman–Crippen MR) is 59.7 cm³/mol. The Morgan fingerprint density at radius 1 is 1.53 bits per heavy atom. The molecule has 88 valence electrons. The van der Waals surface area contributed by atoms with E-state index in [2.05, 4.69) is 15.5 Å². The highest BCUT2D eigenvalue weighted by atomic mass is 16.5. The minimum atomic E-state index is -0.160. The van der Waals surface area contributed by atoms with Gasteiger partial charge in [0.25, 0.3) is 5.89 Å². The summed E-state index contributed by atoms with van der Waals surface area (Å²) in [5, 5.41) is 6.16. The van der Waals surface area contributed by atoms with Crippen molar-refractivity contribution < 1.29 is 13.7 Å². The Bertz CT molecular complexity index is 514.